The monoisotopic (exact) mass is 183 g/mol. The molecule has 0 heterocycles. The maximum absolute atomic E-state index is 10.9. The minimum atomic E-state index is 0.276. The van der Waals surface area contributed by atoms with Gasteiger partial charge in [-0.2, -0.15) is 0 Å². The first-order valence-corrected chi connectivity index (χ1v) is 5.36. The number of hydrogen-bond acceptors (Lipinski definition) is 2. The summed E-state index contributed by atoms with van der Waals surface area (Å²) in [6, 6.07) is 0. The van der Waals surface area contributed by atoms with Crippen LogP contribution in [0.5, 0.6) is 0 Å². The van der Waals surface area contributed by atoms with Gasteiger partial charge in [0.05, 0.1) is 6.54 Å². The Bertz CT molecular complexity index is 161. The Hall–Kier alpha value is -0.370. The highest BCUT2D eigenvalue weighted by atomic mass is 16.1. The molecule has 0 aromatic heterocycles. The van der Waals surface area contributed by atoms with E-state index in [0.717, 1.165) is 12.5 Å². The number of hydrogen-bond donors (Lipinski definition) is 0. The topological polar surface area (TPSA) is 20.3 Å². The van der Waals surface area contributed by atoms with E-state index in [4.69, 9.17) is 0 Å². The van der Waals surface area contributed by atoms with E-state index in [-0.39, 0.29) is 5.78 Å². The molecule has 1 rings (SSSR count). The SMILES string of the molecule is CC(=O)CN(C)CC1CCCCC1. The molecule has 0 aromatic rings. The third-order valence-electron chi connectivity index (χ3n) is 2.79. The van der Waals surface area contributed by atoms with Gasteiger partial charge in [-0.3, -0.25) is 9.69 Å². The van der Waals surface area contributed by atoms with Gasteiger partial charge in [0.2, 0.25) is 0 Å². The smallest absolute Gasteiger partial charge is 0.143 e. The van der Waals surface area contributed by atoms with Crippen LogP contribution in [0.1, 0.15) is 39.0 Å². The van der Waals surface area contributed by atoms with Crippen LogP contribution in [0.2, 0.25) is 0 Å². The Kier molecular flexibility index (Phi) is 4.43. The maximum Gasteiger partial charge on any atom is 0.143 e. The fourth-order valence-electron chi connectivity index (χ4n) is 2.26. The van der Waals surface area contributed by atoms with Crippen molar-refractivity contribution in [1.29, 1.82) is 0 Å². The predicted molar refractivity (Wildman–Crippen MR) is 54.8 cm³/mol. The summed E-state index contributed by atoms with van der Waals surface area (Å²) in [5.41, 5.74) is 0. The molecule has 0 atom stereocenters. The van der Waals surface area contributed by atoms with Crippen LogP contribution in [0.25, 0.3) is 0 Å². The first-order chi connectivity index (χ1) is 6.18. The van der Waals surface area contributed by atoms with Gasteiger partial charge in [0.15, 0.2) is 0 Å². The Morgan fingerprint density at radius 2 is 1.92 bits per heavy atom. The molecule has 2 heteroatoms. The number of carbonyl (C=O) groups excluding carboxylic acids is 1. The van der Waals surface area contributed by atoms with Gasteiger partial charge in [0.1, 0.15) is 5.78 Å². The molecule has 0 saturated heterocycles. The minimum Gasteiger partial charge on any atom is -0.299 e. The zero-order valence-electron chi connectivity index (χ0n) is 8.88. The van der Waals surface area contributed by atoms with Crippen molar-refractivity contribution in [3.05, 3.63) is 0 Å². The first kappa shape index (κ1) is 10.7. The summed E-state index contributed by atoms with van der Waals surface area (Å²) < 4.78 is 0. The third kappa shape index (κ3) is 4.41. The molecule has 1 aliphatic rings. The molecule has 1 fully saturated rings. The van der Waals surface area contributed by atoms with Crippen LogP contribution in [-0.2, 0) is 4.79 Å². The highest BCUT2D eigenvalue weighted by Crippen LogP contribution is 2.23. The molecule has 0 amide bonds. The van der Waals surface area contributed by atoms with E-state index in [1.54, 1.807) is 6.92 Å². The number of ketones is 1. The molecular weight excluding hydrogens is 162 g/mol. The number of Topliss-reactive ketones (excluding diaryl/α,β-unsaturated/α-hetero) is 1. The zero-order chi connectivity index (χ0) is 9.68. The van der Waals surface area contributed by atoms with Crippen molar-refractivity contribution in [2.45, 2.75) is 39.0 Å². The van der Waals surface area contributed by atoms with Gasteiger partial charge < -0.3 is 0 Å². The fraction of sp³-hybridized carbons (Fsp3) is 0.909. The van der Waals surface area contributed by atoms with E-state index in [2.05, 4.69) is 11.9 Å². The van der Waals surface area contributed by atoms with Gasteiger partial charge in [-0.25, -0.2) is 0 Å². The average Bonchev–Trinajstić information content (AvgIpc) is 2.04. The molecule has 0 radical (unpaired) electrons. The van der Waals surface area contributed by atoms with Crippen LogP contribution >= 0.6 is 0 Å². The molecule has 0 bridgehead atoms. The Labute approximate surface area is 81.3 Å². The third-order valence-corrected chi connectivity index (χ3v) is 2.79. The van der Waals surface area contributed by atoms with Gasteiger partial charge in [0, 0.05) is 6.54 Å². The lowest BCUT2D eigenvalue weighted by Gasteiger charge is -2.26. The van der Waals surface area contributed by atoms with E-state index >= 15 is 0 Å². The van der Waals surface area contributed by atoms with Crippen molar-refractivity contribution in [2.75, 3.05) is 20.1 Å². The molecule has 1 saturated carbocycles. The van der Waals surface area contributed by atoms with Crippen molar-refractivity contribution in [3.63, 3.8) is 0 Å². The number of likely N-dealkylation sites (N-methyl/N-ethyl adjacent to an activating group) is 1. The summed E-state index contributed by atoms with van der Waals surface area (Å²) in [5, 5.41) is 0. The van der Waals surface area contributed by atoms with Gasteiger partial charge in [-0.05, 0) is 32.7 Å². The summed E-state index contributed by atoms with van der Waals surface area (Å²) in [4.78, 5) is 13.0. The van der Waals surface area contributed by atoms with Crippen LogP contribution in [0.4, 0.5) is 0 Å². The summed E-state index contributed by atoms with van der Waals surface area (Å²) in [6.07, 6.45) is 6.91. The van der Waals surface area contributed by atoms with Crippen molar-refractivity contribution in [1.82, 2.24) is 4.90 Å². The molecule has 0 aromatic carbocycles. The van der Waals surface area contributed by atoms with Crippen molar-refractivity contribution < 1.29 is 4.79 Å². The van der Waals surface area contributed by atoms with Gasteiger partial charge in [0.25, 0.3) is 0 Å². The molecule has 1 aliphatic carbocycles. The highest BCUT2D eigenvalue weighted by molar-refractivity contribution is 5.77. The van der Waals surface area contributed by atoms with E-state index in [9.17, 15) is 4.79 Å². The molecule has 76 valence electrons. The minimum absolute atomic E-state index is 0.276. The lowest BCUT2D eigenvalue weighted by atomic mass is 9.89. The molecule has 0 spiro atoms. The van der Waals surface area contributed by atoms with Crippen molar-refractivity contribution in [2.24, 2.45) is 5.92 Å². The molecule has 0 aliphatic heterocycles. The highest BCUT2D eigenvalue weighted by Gasteiger charge is 2.15. The molecular formula is C11H21NO. The Morgan fingerprint density at radius 1 is 1.31 bits per heavy atom. The van der Waals surface area contributed by atoms with Gasteiger partial charge in [-0.15, -0.1) is 0 Å². The second-order valence-electron chi connectivity index (χ2n) is 4.40. The largest absolute Gasteiger partial charge is 0.299 e. The lowest BCUT2D eigenvalue weighted by Crippen LogP contribution is -2.30. The molecule has 0 N–H and O–H groups in total. The van der Waals surface area contributed by atoms with E-state index in [1.165, 1.54) is 32.1 Å². The second kappa shape index (κ2) is 5.38. The van der Waals surface area contributed by atoms with Crippen molar-refractivity contribution in [3.8, 4) is 0 Å². The van der Waals surface area contributed by atoms with Crippen LogP contribution in [0, 0.1) is 5.92 Å². The summed E-state index contributed by atoms with van der Waals surface area (Å²) >= 11 is 0. The van der Waals surface area contributed by atoms with E-state index in [1.807, 2.05) is 0 Å². The first-order valence-electron chi connectivity index (χ1n) is 5.36. The van der Waals surface area contributed by atoms with Crippen LogP contribution in [0.15, 0.2) is 0 Å². The lowest BCUT2D eigenvalue weighted by molar-refractivity contribution is -0.118. The quantitative estimate of drug-likeness (QED) is 0.665. The maximum atomic E-state index is 10.9. The zero-order valence-corrected chi connectivity index (χ0v) is 8.88. The van der Waals surface area contributed by atoms with Gasteiger partial charge >= 0.3 is 0 Å². The second-order valence-corrected chi connectivity index (χ2v) is 4.40. The molecule has 2 nitrogen and oxygen atoms in total. The number of carbonyl (C=O) groups is 1. The number of nitrogens with zero attached hydrogens (tertiary/aromatic N) is 1. The standard InChI is InChI=1S/C11H21NO/c1-10(13)8-12(2)9-11-6-4-3-5-7-11/h11H,3-9H2,1-2H3. The summed E-state index contributed by atoms with van der Waals surface area (Å²) in [7, 11) is 2.05. The fourth-order valence-corrected chi connectivity index (χ4v) is 2.26. The van der Waals surface area contributed by atoms with Crippen molar-refractivity contribution >= 4 is 5.78 Å². The average molecular weight is 183 g/mol. The Balaban J connectivity index is 2.18. The molecule has 0 unspecified atom stereocenters. The van der Waals surface area contributed by atoms with E-state index in [0.29, 0.717) is 6.54 Å². The Morgan fingerprint density at radius 3 is 2.46 bits per heavy atom. The van der Waals surface area contributed by atoms with Crippen LogP contribution < -0.4 is 0 Å². The van der Waals surface area contributed by atoms with E-state index < -0.39 is 0 Å². The van der Waals surface area contributed by atoms with Crippen LogP contribution in [-0.4, -0.2) is 30.8 Å². The van der Waals surface area contributed by atoms with Gasteiger partial charge in [-0.1, -0.05) is 19.3 Å². The molecule has 13 heavy (non-hydrogen) atoms. The van der Waals surface area contributed by atoms with Crippen LogP contribution in [0.3, 0.4) is 0 Å². The summed E-state index contributed by atoms with van der Waals surface area (Å²) in [5.74, 6) is 1.12. The number of rotatable bonds is 4. The summed E-state index contributed by atoms with van der Waals surface area (Å²) in [6.45, 7) is 3.40. The predicted octanol–water partition coefficient (Wildman–Crippen LogP) is 2.09. The normalized spacial score (nSPS) is 19.3.